The van der Waals surface area contributed by atoms with Crippen LogP contribution in [-0.4, -0.2) is 48.4 Å². The van der Waals surface area contributed by atoms with Crippen LogP contribution >= 0.6 is 0 Å². The molecule has 1 heterocycles. The van der Waals surface area contributed by atoms with Crippen molar-refractivity contribution in [1.29, 1.82) is 0 Å². The highest BCUT2D eigenvalue weighted by molar-refractivity contribution is 5.67. The minimum absolute atomic E-state index is 0.373. The quantitative estimate of drug-likeness (QED) is 0.535. The minimum Gasteiger partial charge on any atom is -0.450 e. The van der Waals surface area contributed by atoms with E-state index in [1.54, 1.807) is 0 Å². The van der Waals surface area contributed by atoms with E-state index in [9.17, 15) is 9.90 Å². The topological polar surface area (TPSA) is 61.8 Å². The summed E-state index contributed by atoms with van der Waals surface area (Å²) in [5.41, 5.74) is 0.818. The van der Waals surface area contributed by atoms with Gasteiger partial charge in [-0.25, -0.2) is 4.79 Å². The van der Waals surface area contributed by atoms with Gasteiger partial charge in [-0.2, -0.15) is 0 Å². The number of carbonyl (C=O) groups is 1. The van der Waals surface area contributed by atoms with Crippen molar-refractivity contribution in [3.8, 4) is 0 Å². The van der Waals surface area contributed by atoms with Crippen LogP contribution in [0.1, 0.15) is 70.0 Å². The lowest BCUT2D eigenvalue weighted by Gasteiger charge is -2.28. The summed E-state index contributed by atoms with van der Waals surface area (Å²) in [5.74, 6) is 0. The van der Waals surface area contributed by atoms with Gasteiger partial charge in [0.1, 0.15) is 6.10 Å². The number of rotatable bonds is 12. The molecule has 0 spiro atoms. The van der Waals surface area contributed by atoms with E-state index in [1.165, 1.54) is 38.5 Å². The number of benzene rings is 1. The molecular formula is C22H36N2O3. The van der Waals surface area contributed by atoms with Gasteiger partial charge >= 0.3 is 6.09 Å². The Kier molecular flexibility index (Phi) is 10.2. The predicted molar refractivity (Wildman–Crippen MR) is 109 cm³/mol. The molecule has 0 radical (unpaired) electrons. The standard InChI is InChI=1S/C22H36N2O3/c1-2-3-4-5-6-12-17-27-22(26)23-20(18-24-15-10-11-16-24)21(25)19-13-8-7-9-14-19/h7-9,13-14,20-21,25H,2-6,10-12,15-18H2,1H3,(H,23,26)/t20-,21-/m1/s1. The molecule has 1 aromatic carbocycles. The molecule has 1 aliphatic rings. The van der Waals surface area contributed by atoms with Gasteiger partial charge in [-0.1, -0.05) is 69.4 Å². The Labute approximate surface area is 164 Å². The van der Waals surface area contributed by atoms with Crippen molar-refractivity contribution in [1.82, 2.24) is 10.2 Å². The lowest BCUT2D eigenvalue weighted by atomic mass is 10.0. The van der Waals surface area contributed by atoms with Crippen molar-refractivity contribution in [2.75, 3.05) is 26.2 Å². The fraction of sp³-hybridized carbons (Fsp3) is 0.682. The highest BCUT2D eigenvalue weighted by atomic mass is 16.5. The van der Waals surface area contributed by atoms with E-state index in [2.05, 4.69) is 17.1 Å². The number of amides is 1. The van der Waals surface area contributed by atoms with E-state index in [0.717, 1.165) is 31.5 Å². The number of hydrogen-bond acceptors (Lipinski definition) is 4. The third kappa shape index (κ3) is 8.31. The Bertz CT molecular complexity index is 518. The fourth-order valence-corrected chi connectivity index (χ4v) is 3.59. The van der Waals surface area contributed by atoms with Gasteiger partial charge in [0, 0.05) is 6.54 Å². The lowest BCUT2D eigenvalue weighted by Crippen LogP contribution is -2.47. The summed E-state index contributed by atoms with van der Waals surface area (Å²) in [6.07, 6.45) is 8.14. The molecule has 2 N–H and O–H groups in total. The molecule has 0 saturated carbocycles. The second-order valence-electron chi connectivity index (χ2n) is 7.52. The van der Waals surface area contributed by atoms with E-state index in [-0.39, 0.29) is 6.04 Å². The van der Waals surface area contributed by atoms with Crippen LogP contribution in [0.2, 0.25) is 0 Å². The fourth-order valence-electron chi connectivity index (χ4n) is 3.59. The molecule has 27 heavy (non-hydrogen) atoms. The zero-order valence-electron chi connectivity index (χ0n) is 16.7. The van der Waals surface area contributed by atoms with Gasteiger partial charge in [0.15, 0.2) is 0 Å². The summed E-state index contributed by atoms with van der Waals surface area (Å²) >= 11 is 0. The number of nitrogens with one attached hydrogen (secondary N) is 1. The molecule has 5 heteroatoms. The number of likely N-dealkylation sites (tertiary alicyclic amines) is 1. The van der Waals surface area contributed by atoms with Gasteiger partial charge in [-0.05, 0) is 37.9 Å². The van der Waals surface area contributed by atoms with Crippen molar-refractivity contribution in [3.05, 3.63) is 35.9 Å². The van der Waals surface area contributed by atoms with Crippen molar-refractivity contribution in [2.45, 2.75) is 70.4 Å². The number of unbranched alkanes of at least 4 members (excludes halogenated alkanes) is 5. The monoisotopic (exact) mass is 376 g/mol. The van der Waals surface area contributed by atoms with Crippen LogP contribution in [0.5, 0.6) is 0 Å². The Hall–Kier alpha value is -1.59. The van der Waals surface area contributed by atoms with Gasteiger partial charge < -0.3 is 20.1 Å². The van der Waals surface area contributed by atoms with Gasteiger partial charge in [0.25, 0.3) is 0 Å². The molecule has 1 aromatic rings. The van der Waals surface area contributed by atoms with Crippen LogP contribution in [0.25, 0.3) is 0 Å². The Morgan fingerprint density at radius 3 is 2.48 bits per heavy atom. The summed E-state index contributed by atoms with van der Waals surface area (Å²) in [5, 5.41) is 13.7. The molecule has 5 nitrogen and oxygen atoms in total. The molecule has 2 rings (SSSR count). The molecular weight excluding hydrogens is 340 g/mol. The van der Waals surface area contributed by atoms with E-state index in [0.29, 0.717) is 13.2 Å². The molecule has 0 aliphatic carbocycles. The van der Waals surface area contributed by atoms with Gasteiger partial charge in [0.05, 0.1) is 12.6 Å². The second kappa shape index (κ2) is 12.7. The number of carbonyl (C=O) groups excluding carboxylic acids is 1. The number of nitrogens with zero attached hydrogens (tertiary/aromatic N) is 1. The zero-order valence-corrected chi connectivity index (χ0v) is 16.7. The molecule has 152 valence electrons. The number of hydrogen-bond donors (Lipinski definition) is 2. The van der Waals surface area contributed by atoms with Gasteiger partial charge in [-0.3, -0.25) is 0 Å². The average molecular weight is 377 g/mol. The first-order valence-corrected chi connectivity index (χ1v) is 10.6. The van der Waals surface area contributed by atoms with Crippen molar-refractivity contribution >= 4 is 6.09 Å². The van der Waals surface area contributed by atoms with E-state index < -0.39 is 12.2 Å². The number of alkyl carbamates (subject to hydrolysis) is 1. The highest BCUT2D eigenvalue weighted by Crippen LogP contribution is 2.19. The number of aliphatic hydroxyl groups excluding tert-OH is 1. The first-order valence-electron chi connectivity index (χ1n) is 10.6. The van der Waals surface area contributed by atoms with Crippen LogP contribution in [0.3, 0.4) is 0 Å². The summed E-state index contributed by atoms with van der Waals surface area (Å²) in [7, 11) is 0. The molecule has 0 unspecified atom stereocenters. The largest absolute Gasteiger partial charge is 0.450 e. The van der Waals surface area contributed by atoms with E-state index in [1.807, 2.05) is 30.3 Å². The predicted octanol–water partition coefficient (Wildman–Crippen LogP) is 4.27. The first-order chi connectivity index (χ1) is 13.2. The first kappa shape index (κ1) is 21.7. The maximum atomic E-state index is 12.2. The lowest BCUT2D eigenvalue weighted by molar-refractivity contribution is 0.0899. The van der Waals surface area contributed by atoms with Crippen LogP contribution < -0.4 is 5.32 Å². The minimum atomic E-state index is -0.742. The second-order valence-corrected chi connectivity index (χ2v) is 7.52. The van der Waals surface area contributed by atoms with E-state index in [4.69, 9.17) is 4.74 Å². The molecule has 1 aliphatic heterocycles. The van der Waals surface area contributed by atoms with Crippen molar-refractivity contribution in [2.24, 2.45) is 0 Å². The Balaban J connectivity index is 1.79. The van der Waals surface area contributed by atoms with Crippen molar-refractivity contribution in [3.63, 3.8) is 0 Å². The molecule has 0 aromatic heterocycles. The summed E-state index contributed by atoms with van der Waals surface area (Å²) < 4.78 is 5.35. The molecule has 2 atom stereocenters. The molecule has 1 fully saturated rings. The van der Waals surface area contributed by atoms with E-state index >= 15 is 0 Å². The Morgan fingerprint density at radius 1 is 1.11 bits per heavy atom. The summed E-state index contributed by atoms with van der Waals surface area (Å²) in [4.78, 5) is 14.5. The molecule has 0 bridgehead atoms. The van der Waals surface area contributed by atoms with Crippen LogP contribution in [-0.2, 0) is 4.74 Å². The maximum absolute atomic E-state index is 12.2. The smallest absolute Gasteiger partial charge is 0.407 e. The normalized spacial score (nSPS) is 16.8. The molecule has 1 amide bonds. The van der Waals surface area contributed by atoms with Gasteiger partial charge in [0.2, 0.25) is 0 Å². The van der Waals surface area contributed by atoms with Gasteiger partial charge in [-0.15, -0.1) is 0 Å². The maximum Gasteiger partial charge on any atom is 0.407 e. The SMILES string of the molecule is CCCCCCCCOC(=O)N[C@H](CN1CCCC1)[C@H](O)c1ccccc1. The summed E-state index contributed by atoms with van der Waals surface area (Å²) in [6.45, 7) is 5.33. The number of ether oxygens (including phenoxy) is 1. The highest BCUT2D eigenvalue weighted by Gasteiger charge is 2.26. The number of aliphatic hydroxyl groups is 1. The third-order valence-corrected chi connectivity index (χ3v) is 5.21. The zero-order chi connectivity index (χ0) is 19.3. The molecule has 1 saturated heterocycles. The average Bonchev–Trinajstić information content (AvgIpc) is 3.20. The third-order valence-electron chi connectivity index (χ3n) is 5.21. The van der Waals surface area contributed by atoms with Crippen LogP contribution in [0.4, 0.5) is 4.79 Å². The van der Waals surface area contributed by atoms with Crippen LogP contribution in [0.15, 0.2) is 30.3 Å². The van der Waals surface area contributed by atoms with Crippen molar-refractivity contribution < 1.29 is 14.6 Å². The summed E-state index contributed by atoms with van der Waals surface area (Å²) in [6, 6.07) is 9.15. The van der Waals surface area contributed by atoms with Crippen LogP contribution in [0, 0.1) is 0 Å². The Morgan fingerprint density at radius 2 is 1.78 bits per heavy atom.